The molecule has 1 N–H and O–H groups in total. The van der Waals surface area contributed by atoms with Gasteiger partial charge in [0, 0.05) is 10.4 Å². The van der Waals surface area contributed by atoms with Crippen LogP contribution in [0.4, 0.5) is 0 Å². The predicted octanol–water partition coefficient (Wildman–Crippen LogP) is 4.49. The first-order valence-corrected chi connectivity index (χ1v) is 6.71. The second kappa shape index (κ2) is 4.63. The number of aromatic carboxylic acids is 1. The first kappa shape index (κ1) is 12.3. The van der Waals surface area contributed by atoms with Gasteiger partial charge in [0.2, 0.25) is 0 Å². The van der Waals surface area contributed by atoms with E-state index in [1.54, 1.807) is 0 Å². The van der Waals surface area contributed by atoms with Crippen molar-refractivity contribution >= 4 is 33.2 Å². The Balaban J connectivity index is 2.66. The molecule has 4 heteroatoms. The number of carboxylic acid groups (broad SMARTS) is 1. The molecule has 88 valence electrons. The third-order valence-corrected chi connectivity index (χ3v) is 4.37. The molecule has 0 atom stereocenters. The summed E-state index contributed by atoms with van der Waals surface area (Å²) in [5.41, 5.74) is 3.29. The van der Waals surface area contributed by atoms with E-state index in [0.717, 1.165) is 21.6 Å². The highest BCUT2D eigenvalue weighted by molar-refractivity contribution is 9.11. The molecule has 17 heavy (non-hydrogen) atoms. The molecule has 0 saturated carbocycles. The van der Waals surface area contributed by atoms with Gasteiger partial charge in [0.15, 0.2) is 0 Å². The van der Waals surface area contributed by atoms with Crippen molar-refractivity contribution in [2.24, 2.45) is 0 Å². The summed E-state index contributed by atoms with van der Waals surface area (Å²) < 4.78 is 0.679. The molecule has 0 aliphatic heterocycles. The minimum Gasteiger partial charge on any atom is -0.478 e. The highest BCUT2D eigenvalue weighted by atomic mass is 79.9. The third kappa shape index (κ3) is 2.28. The van der Waals surface area contributed by atoms with Crippen molar-refractivity contribution in [1.29, 1.82) is 0 Å². The van der Waals surface area contributed by atoms with Gasteiger partial charge >= 0.3 is 5.97 Å². The highest BCUT2D eigenvalue weighted by Crippen LogP contribution is 2.39. The molecule has 0 aliphatic rings. The average molecular weight is 311 g/mol. The Morgan fingerprint density at radius 2 is 1.82 bits per heavy atom. The lowest BCUT2D eigenvalue weighted by Gasteiger charge is -2.04. The van der Waals surface area contributed by atoms with Crippen molar-refractivity contribution in [3.63, 3.8) is 0 Å². The summed E-state index contributed by atoms with van der Waals surface area (Å²) >= 11 is 4.78. The van der Waals surface area contributed by atoms with Gasteiger partial charge in [-0.25, -0.2) is 4.79 Å². The molecule has 0 fully saturated rings. The van der Waals surface area contributed by atoms with Crippen LogP contribution in [0.1, 0.15) is 20.8 Å². The molecule has 2 aromatic rings. The molecule has 1 aromatic carbocycles. The summed E-state index contributed by atoms with van der Waals surface area (Å²) in [7, 11) is 0. The van der Waals surface area contributed by atoms with Crippen LogP contribution in [0.15, 0.2) is 28.1 Å². The second-order valence-electron chi connectivity index (χ2n) is 3.85. The average Bonchev–Trinajstić information content (AvgIpc) is 2.55. The van der Waals surface area contributed by atoms with Crippen LogP contribution in [0.3, 0.4) is 0 Å². The standard InChI is InChI=1S/C13H11BrO2S/c1-7-3-5-9(6-4-7)10-8(2)17-12(14)11(10)13(15)16/h3-6H,1-2H3,(H,15,16). The van der Waals surface area contributed by atoms with Crippen molar-refractivity contribution in [2.75, 3.05) is 0 Å². The maximum Gasteiger partial charge on any atom is 0.338 e. The number of carboxylic acids is 1. The second-order valence-corrected chi connectivity index (χ2v) is 6.40. The van der Waals surface area contributed by atoms with Crippen molar-refractivity contribution in [2.45, 2.75) is 13.8 Å². The van der Waals surface area contributed by atoms with Gasteiger partial charge in [-0.05, 0) is 35.3 Å². The van der Waals surface area contributed by atoms with E-state index in [2.05, 4.69) is 15.9 Å². The fraction of sp³-hybridized carbons (Fsp3) is 0.154. The van der Waals surface area contributed by atoms with E-state index in [0.29, 0.717) is 9.35 Å². The molecule has 0 saturated heterocycles. The Kier molecular flexibility index (Phi) is 3.35. The van der Waals surface area contributed by atoms with Crippen molar-refractivity contribution in [3.05, 3.63) is 44.1 Å². The van der Waals surface area contributed by atoms with Crippen LogP contribution in [0, 0.1) is 13.8 Å². The smallest absolute Gasteiger partial charge is 0.338 e. The molecule has 0 spiro atoms. The van der Waals surface area contributed by atoms with Crippen molar-refractivity contribution < 1.29 is 9.90 Å². The normalized spacial score (nSPS) is 10.5. The summed E-state index contributed by atoms with van der Waals surface area (Å²) in [4.78, 5) is 12.3. The molecule has 0 amide bonds. The lowest BCUT2D eigenvalue weighted by atomic mass is 10.0. The lowest BCUT2D eigenvalue weighted by Crippen LogP contribution is -1.97. The van der Waals surface area contributed by atoms with Gasteiger partial charge in [-0.1, -0.05) is 29.8 Å². The first-order valence-electron chi connectivity index (χ1n) is 5.10. The number of hydrogen-bond donors (Lipinski definition) is 1. The van der Waals surface area contributed by atoms with Gasteiger partial charge in [-0.15, -0.1) is 11.3 Å². The summed E-state index contributed by atoms with van der Waals surface area (Å²) in [5.74, 6) is -0.892. The number of hydrogen-bond acceptors (Lipinski definition) is 2. The maximum atomic E-state index is 11.3. The summed E-state index contributed by atoms with van der Waals surface area (Å²) in [5, 5.41) is 9.25. The van der Waals surface area contributed by atoms with Crippen LogP contribution in [0.25, 0.3) is 11.1 Å². The van der Waals surface area contributed by atoms with Crippen LogP contribution in [0.5, 0.6) is 0 Å². The van der Waals surface area contributed by atoms with E-state index in [1.807, 2.05) is 38.1 Å². The van der Waals surface area contributed by atoms with E-state index in [9.17, 15) is 9.90 Å². The maximum absolute atomic E-state index is 11.3. The van der Waals surface area contributed by atoms with Crippen molar-refractivity contribution in [3.8, 4) is 11.1 Å². The fourth-order valence-corrected chi connectivity index (χ4v) is 3.75. The number of thiophene rings is 1. The minimum atomic E-state index is -0.892. The molecular formula is C13H11BrO2S. The first-order chi connectivity index (χ1) is 8.00. The van der Waals surface area contributed by atoms with Crippen LogP contribution in [-0.2, 0) is 0 Å². The van der Waals surface area contributed by atoms with E-state index >= 15 is 0 Å². The Morgan fingerprint density at radius 3 is 2.35 bits per heavy atom. The zero-order valence-corrected chi connectivity index (χ0v) is 11.9. The van der Waals surface area contributed by atoms with Crippen molar-refractivity contribution in [1.82, 2.24) is 0 Å². The van der Waals surface area contributed by atoms with Gasteiger partial charge in [0.05, 0.1) is 9.35 Å². The zero-order valence-electron chi connectivity index (χ0n) is 9.45. The molecule has 0 bridgehead atoms. The van der Waals surface area contributed by atoms with Gasteiger partial charge in [0.1, 0.15) is 0 Å². The van der Waals surface area contributed by atoms with E-state index in [1.165, 1.54) is 11.3 Å². The Bertz CT molecular complexity index is 570. The fourth-order valence-electron chi connectivity index (χ4n) is 1.77. The quantitative estimate of drug-likeness (QED) is 0.887. The van der Waals surface area contributed by atoms with Gasteiger partial charge in [-0.3, -0.25) is 0 Å². The van der Waals surface area contributed by atoms with Crippen LogP contribution in [0.2, 0.25) is 0 Å². The topological polar surface area (TPSA) is 37.3 Å². The molecule has 2 nitrogen and oxygen atoms in total. The lowest BCUT2D eigenvalue weighted by molar-refractivity contribution is 0.0697. The molecule has 1 heterocycles. The molecule has 2 rings (SSSR count). The number of halogens is 1. The number of benzene rings is 1. The molecule has 0 unspecified atom stereocenters. The predicted molar refractivity (Wildman–Crippen MR) is 73.9 cm³/mol. The van der Waals surface area contributed by atoms with Gasteiger partial charge in [0.25, 0.3) is 0 Å². The van der Waals surface area contributed by atoms with Crippen LogP contribution in [-0.4, -0.2) is 11.1 Å². The van der Waals surface area contributed by atoms with E-state index in [-0.39, 0.29) is 0 Å². The zero-order chi connectivity index (χ0) is 12.6. The number of rotatable bonds is 2. The van der Waals surface area contributed by atoms with E-state index < -0.39 is 5.97 Å². The largest absolute Gasteiger partial charge is 0.478 e. The Hall–Kier alpha value is -1.13. The molecule has 0 aliphatic carbocycles. The number of aryl methyl sites for hydroxylation is 2. The Morgan fingerprint density at radius 1 is 1.24 bits per heavy atom. The summed E-state index contributed by atoms with van der Waals surface area (Å²) in [6.07, 6.45) is 0. The van der Waals surface area contributed by atoms with E-state index in [4.69, 9.17) is 0 Å². The van der Waals surface area contributed by atoms with Gasteiger partial charge in [-0.2, -0.15) is 0 Å². The van der Waals surface area contributed by atoms with Crippen LogP contribution < -0.4 is 0 Å². The molecule has 1 aromatic heterocycles. The minimum absolute atomic E-state index is 0.358. The summed E-state index contributed by atoms with van der Waals surface area (Å²) in [6.45, 7) is 3.95. The highest BCUT2D eigenvalue weighted by Gasteiger charge is 2.20. The summed E-state index contributed by atoms with van der Waals surface area (Å²) in [6, 6.07) is 7.91. The van der Waals surface area contributed by atoms with Crippen LogP contribution >= 0.6 is 27.3 Å². The van der Waals surface area contributed by atoms with Gasteiger partial charge < -0.3 is 5.11 Å². The molecule has 0 radical (unpaired) electrons. The third-order valence-electron chi connectivity index (χ3n) is 2.60. The monoisotopic (exact) mass is 310 g/mol. The number of carbonyl (C=O) groups is 1. The Labute approximate surface area is 112 Å². The molecular weight excluding hydrogens is 300 g/mol. The SMILES string of the molecule is Cc1ccc(-c2c(C)sc(Br)c2C(=O)O)cc1.